The SMILES string of the molecule is C=CCCNc1nccc(C#N)c1N. The summed E-state index contributed by atoms with van der Waals surface area (Å²) in [4.78, 5) is 4.04. The third-order valence-electron chi connectivity index (χ3n) is 1.75. The molecule has 1 aromatic rings. The molecule has 0 radical (unpaired) electrons. The molecule has 1 aromatic heterocycles. The fourth-order valence-corrected chi connectivity index (χ4v) is 1.00. The van der Waals surface area contributed by atoms with Crippen molar-refractivity contribution >= 4 is 11.5 Å². The molecule has 0 saturated carbocycles. The average Bonchev–Trinajstić information content (AvgIpc) is 2.21. The van der Waals surface area contributed by atoms with E-state index in [2.05, 4.69) is 16.9 Å². The summed E-state index contributed by atoms with van der Waals surface area (Å²) in [5, 5.41) is 11.7. The summed E-state index contributed by atoms with van der Waals surface area (Å²) in [6, 6.07) is 3.59. The third kappa shape index (κ3) is 2.23. The van der Waals surface area contributed by atoms with Gasteiger partial charge in [0.1, 0.15) is 6.07 Å². The maximum Gasteiger partial charge on any atom is 0.150 e. The standard InChI is InChI=1S/C10H12N4/c1-2-3-5-13-10-9(12)8(7-11)4-6-14-10/h2,4,6H,1,3,5,12H2,(H,13,14). The summed E-state index contributed by atoms with van der Waals surface area (Å²) in [6.45, 7) is 4.32. The molecule has 3 N–H and O–H groups in total. The molecule has 0 unspecified atom stereocenters. The van der Waals surface area contributed by atoms with Gasteiger partial charge in [0.25, 0.3) is 0 Å². The fraction of sp³-hybridized carbons (Fsp3) is 0.200. The van der Waals surface area contributed by atoms with Crippen molar-refractivity contribution in [2.24, 2.45) is 0 Å². The average molecular weight is 188 g/mol. The number of nitrogen functional groups attached to an aromatic ring is 1. The fourth-order valence-electron chi connectivity index (χ4n) is 1.00. The van der Waals surface area contributed by atoms with Crippen molar-refractivity contribution < 1.29 is 0 Å². The smallest absolute Gasteiger partial charge is 0.150 e. The van der Waals surface area contributed by atoms with Crippen LogP contribution in [0.2, 0.25) is 0 Å². The van der Waals surface area contributed by atoms with E-state index in [1.807, 2.05) is 6.07 Å². The molecule has 0 fully saturated rings. The van der Waals surface area contributed by atoms with Crippen LogP contribution in [0.25, 0.3) is 0 Å². The monoisotopic (exact) mass is 188 g/mol. The number of nitrogens with zero attached hydrogens (tertiary/aromatic N) is 2. The minimum atomic E-state index is 0.402. The second kappa shape index (κ2) is 4.87. The van der Waals surface area contributed by atoms with E-state index in [4.69, 9.17) is 11.0 Å². The highest BCUT2D eigenvalue weighted by atomic mass is 15.0. The Morgan fingerprint density at radius 1 is 1.71 bits per heavy atom. The molecular weight excluding hydrogens is 176 g/mol. The zero-order valence-corrected chi connectivity index (χ0v) is 7.83. The van der Waals surface area contributed by atoms with E-state index in [-0.39, 0.29) is 0 Å². The predicted octanol–water partition coefficient (Wildman–Crippen LogP) is 1.52. The van der Waals surface area contributed by atoms with Crippen molar-refractivity contribution in [3.05, 3.63) is 30.5 Å². The third-order valence-corrected chi connectivity index (χ3v) is 1.75. The van der Waals surface area contributed by atoms with Crippen molar-refractivity contribution in [3.63, 3.8) is 0 Å². The molecule has 0 spiro atoms. The molecule has 72 valence electrons. The lowest BCUT2D eigenvalue weighted by Crippen LogP contribution is -2.06. The number of aromatic nitrogens is 1. The van der Waals surface area contributed by atoms with Gasteiger partial charge < -0.3 is 11.1 Å². The molecule has 14 heavy (non-hydrogen) atoms. The molecule has 0 aromatic carbocycles. The molecule has 0 bridgehead atoms. The van der Waals surface area contributed by atoms with Crippen LogP contribution < -0.4 is 11.1 Å². The van der Waals surface area contributed by atoms with Crippen LogP contribution in [0.5, 0.6) is 0 Å². The molecule has 0 aliphatic heterocycles. The number of rotatable bonds is 4. The summed E-state index contributed by atoms with van der Waals surface area (Å²) in [5.41, 5.74) is 6.55. The molecule has 4 heteroatoms. The first kappa shape index (κ1) is 10.1. The second-order valence-corrected chi connectivity index (χ2v) is 2.74. The van der Waals surface area contributed by atoms with Crippen molar-refractivity contribution in [2.45, 2.75) is 6.42 Å². The van der Waals surface area contributed by atoms with Gasteiger partial charge in [-0.05, 0) is 12.5 Å². The van der Waals surface area contributed by atoms with Gasteiger partial charge in [-0.1, -0.05) is 6.08 Å². The summed E-state index contributed by atoms with van der Waals surface area (Å²) >= 11 is 0. The number of hydrogen-bond acceptors (Lipinski definition) is 4. The highest BCUT2D eigenvalue weighted by Gasteiger charge is 2.03. The molecule has 0 saturated heterocycles. The van der Waals surface area contributed by atoms with Gasteiger partial charge >= 0.3 is 0 Å². The number of nitriles is 1. The zero-order valence-electron chi connectivity index (χ0n) is 7.83. The lowest BCUT2D eigenvalue weighted by atomic mass is 10.2. The summed E-state index contributed by atoms with van der Waals surface area (Å²) < 4.78 is 0. The first-order chi connectivity index (χ1) is 6.79. The normalized spacial score (nSPS) is 9.07. The first-order valence-electron chi connectivity index (χ1n) is 4.29. The van der Waals surface area contributed by atoms with Gasteiger partial charge in [-0.2, -0.15) is 5.26 Å². The Hall–Kier alpha value is -2.02. The van der Waals surface area contributed by atoms with Crippen molar-refractivity contribution in [2.75, 3.05) is 17.6 Å². The molecule has 1 rings (SSSR count). The Bertz CT molecular complexity index is 365. The molecule has 4 nitrogen and oxygen atoms in total. The highest BCUT2D eigenvalue weighted by Crippen LogP contribution is 2.18. The van der Waals surface area contributed by atoms with Crippen LogP contribution in [-0.4, -0.2) is 11.5 Å². The van der Waals surface area contributed by atoms with E-state index in [9.17, 15) is 0 Å². The number of pyridine rings is 1. The molecule has 1 heterocycles. The van der Waals surface area contributed by atoms with Gasteiger partial charge in [0.2, 0.25) is 0 Å². The van der Waals surface area contributed by atoms with E-state index in [1.54, 1.807) is 18.3 Å². The lowest BCUT2D eigenvalue weighted by Gasteiger charge is -2.07. The zero-order chi connectivity index (χ0) is 10.4. The van der Waals surface area contributed by atoms with E-state index in [1.165, 1.54) is 0 Å². The topological polar surface area (TPSA) is 74.7 Å². The molecule has 0 aliphatic carbocycles. The minimum absolute atomic E-state index is 0.402. The maximum atomic E-state index is 8.71. The highest BCUT2D eigenvalue weighted by molar-refractivity contribution is 5.68. The molecule has 0 atom stereocenters. The number of anilines is 2. The van der Waals surface area contributed by atoms with Gasteiger partial charge in [-0.15, -0.1) is 6.58 Å². The summed E-state index contributed by atoms with van der Waals surface area (Å²) in [7, 11) is 0. The Labute approximate surface area is 83.1 Å². The van der Waals surface area contributed by atoms with Gasteiger partial charge in [0.05, 0.1) is 11.3 Å². The van der Waals surface area contributed by atoms with Crippen LogP contribution in [-0.2, 0) is 0 Å². The summed E-state index contributed by atoms with van der Waals surface area (Å²) in [6.07, 6.45) is 4.19. The van der Waals surface area contributed by atoms with Gasteiger partial charge in [-0.3, -0.25) is 0 Å². The van der Waals surface area contributed by atoms with Gasteiger partial charge in [-0.25, -0.2) is 4.98 Å². The quantitative estimate of drug-likeness (QED) is 0.555. The summed E-state index contributed by atoms with van der Waals surface area (Å²) in [5.74, 6) is 0.561. The Balaban J connectivity index is 2.77. The van der Waals surface area contributed by atoms with E-state index < -0.39 is 0 Å². The van der Waals surface area contributed by atoms with Crippen molar-refractivity contribution in [1.82, 2.24) is 4.98 Å². The Morgan fingerprint density at radius 2 is 2.50 bits per heavy atom. The van der Waals surface area contributed by atoms with E-state index in [0.717, 1.165) is 13.0 Å². The van der Waals surface area contributed by atoms with Gasteiger partial charge in [0, 0.05) is 12.7 Å². The molecule has 0 aliphatic rings. The van der Waals surface area contributed by atoms with Crippen LogP contribution in [0.1, 0.15) is 12.0 Å². The van der Waals surface area contributed by atoms with Crippen molar-refractivity contribution in [3.8, 4) is 6.07 Å². The van der Waals surface area contributed by atoms with Crippen LogP contribution in [0.3, 0.4) is 0 Å². The predicted molar refractivity (Wildman–Crippen MR) is 56.7 cm³/mol. The van der Waals surface area contributed by atoms with E-state index in [0.29, 0.717) is 17.1 Å². The first-order valence-corrected chi connectivity index (χ1v) is 4.29. The van der Waals surface area contributed by atoms with Crippen LogP contribution in [0, 0.1) is 11.3 Å². The maximum absolute atomic E-state index is 8.71. The Kier molecular flexibility index (Phi) is 3.50. The number of hydrogen-bond donors (Lipinski definition) is 2. The second-order valence-electron chi connectivity index (χ2n) is 2.74. The largest absolute Gasteiger partial charge is 0.395 e. The van der Waals surface area contributed by atoms with Crippen LogP contribution in [0.4, 0.5) is 11.5 Å². The van der Waals surface area contributed by atoms with Crippen molar-refractivity contribution in [1.29, 1.82) is 5.26 Å². The Morgan fingerprint density at radius 3 is 3.14 bits per heavy atom. The van der Waals surface area contributed by atoms with Gasteiger partial charge in [0.15, 0.2) is 5.82 Å². The van der Waals surface area contributed by atoms with E-state index >= 15 is 0 Å². The van der Waals surface area contributed by atoms with Crippen LogP contribution >= 0.6 is 0 Å². The molecule has 0 amide bonds. The minimum Gasteiger partial charge on any atom is -0.395 e. The molecular formula is C10H12N4. The van der Waals surface area contributed by atoms with Crippen LogP contribution in [0.15, 0.2) is 24.9 Å². The lowest BCUT2D eigenvalue weighted by molar-refractivity contribution is 1.05. The number of nitrogens with two attached hydrogens (primary N) is 1. The number of nitrogens with one attached hydrogen (secondary N) is 1.